The number of rotatable bonds is 2. The number of para-hydroxylation sites is 2. The normalized spacial score (nSPS) is 15.7. The van der Waals surface area contributed by atoms with Gasteiger partial charge >= 0.3 is 0 Å². The molecule has 1 aromatic heterocycles. The topological polar surface area (TPSA) is 80.2 Å². The molecule has 0 fully saturated rings. The van der Waals surface area contributed by atoms with Gasteiger partial charge in [-0.2, -0.15) is 0 Å². The maximum Gasteiger partial charge on any atom is 0.269 e. The van der Waals surface area contributed by atoms with E-state index in [4.69, 9.17) is 0 Å². The monoisotopic (exact) mass is 339 g/mol. The number of fused-ring (bicyclic) bond motifs is 2. The van der Waals surface area contributed by atoms with Crippen LogP contribution in [0.3, 0.4) is 0 Å². The first-order valence-corrected chi connectivity index (χ1v) is 8.81. The van der Waals surface area contributed by atoms with Gasteiger partial charge in [0.1, 0.15) is 4.90 Å². The minimum atomic E-state index is -3.85. The highest BCUT2D eigenvalue weighted by atomic mass is 32.2. The van der Waals surface area contributed by atoms with Gasteiger partial charge in [-0.05, 0) is 31.2 Å². The maximum absolute atomic E-state index is 12.6. The number of carbonyl (C=O) groups excluding carboxylic acids is 1. The number of hydrogen-bond donors (Lipinski definition) is 0. The highest BCUT2D eigenvalue weighted by Crippen LogP contribution is 2.31. The van der Waals surface area contributed by atoms with Crippen LogP contribution in [0.1, 0.15) is 21.7 Å². The molecule has 0 bridgehead atoms. The molecule has 6 nitrogen and oxygen atoms in total. The van der Waals surface area contributed by atoms with Crippen molar-refractivity contribution in [2.24, 2.45) is 0 Å². The standard InChI is InChI=1S/C17H13N3O3S/c1-11-15(19-14-8-4-3-7-13(14)18-11)10-20-17(21)12-6-2-5-9-16(12)24(20,22)23/h2-9H,10H2,1H3. The number of benzene rings is 2. The lowest BCUT2D eigenvalue weighted by molar-refractivity contribution is 0.0863. The van der Waals surface area contributed by atoms with Gasteiger partial charge in [0, 0.05) is 0 Å². The van der Waals surface area contributed by atoms with Crippen molar-refractivity contribution in [2.75, 3.05) is 0 Å². The predicted molar refractivity (Wildman–Crippen MR) is 87.8 cm³/mol. The minimum absolute atomic E-state index is 0.0430. The summed E-state index contributed by atoms with van der Waals surface area (Å²) in [5, 5.41) is 0. The van der Waals surface area contributed by atoms with Gasteiger partial charge in [-0.1, -0.05) is 24.3 Å². The summed E-state index contributed by atoms with van der Waals surface area (Å²) in [5.74, 6) is -0.528. The molecular formula is C17H13N3O3S. The van der Waals surface area contributed by atoms with Crippen molar-refractivity contribution in [3.8, 4) is 0 Å². The number of carbonyl (C=O) groups is 1. The molecule has 7 heteroatoms. The third-order valence-electron chi connectivity index (χ3n) is 4.05. The van der Waals surface area contributed by atoms with Crippen LogP contribution in [0.25, 0.3) is 11.0 Å². The van der Waals surface area contributed by atoms with Gasteiger partial charge in [-0.3, -0.25) is 4.79 Å². The average Bonchev–Trinajstić information content (AvgIpc) is 2.77. The molecule has 0 spiro atoms. The highest BCUT2D eigenvalue weighted by Gasteiger charge is 2.41. The fourth-order valence-corrected chi connectivity index (χ4v) is 4.33. The number of nitrogens with zero attached hydrogens (tertiary/aromatic N) is 3. The third-order valence-corrected chi connectivity index (χ3v) is 5.84. The zero-order valence-corrected chi connectivity index (χ0v) is 13.6. The number of hydrogen-bond acceptors (Lipinski definition) is 5. The van der Waals surface area contributed by atoms with E-state index in [1.54, 1.807) is 25.1 Å². The number of aromatic nitrogens is 2. The molecule has 0 N–H and O–H groups in total. The Morgan fingerprint density at radius 1 is 0.958 bits per heavy atom. The van der Waals surface area contributed by atoms with Crippen LogP contribution in [-0.2, 0) is 16.6 Å². The second-order valence-electron chi connectivity index (χ2n) is 5.56. The molecule has 2 aromatic carbocycles. The van der Waals surface area contributed by atoms with Crippen molar-refractivity contribution in [1.29, 1.82) is 0 Å². The summed E-state index contributed by atoms with van der Waals surface area (Å²) in [6.45, 7) is 1.63. The largest absolute Gasteiger partial charge is 0.269 e. The first-order valence-electron chi connectivity index (χ1n) is 7.37. The lowest BCUT2D eigenvalue weighted by Gasteiger charge is -2.16. The number of sulfonamides is 1. The van der Waals surface area contributed by atoms with Crippen LogP contribution in [-0.4, -0.2) is 28.6 Å². The van der Waals surface area contributed by atoms with Gasteiger partial charge in [-0.25, -0.2) is 22.7 Å². The molecule has 1 amide bonds. The van der Waals surface area contributed by atoms with Crippen molar-refractivity contribution in [1.82, 2.24) is 14.3 Å². The Hall–Kier alpha value is -2.80. The van der Waals surface area contributed by atoms with E-state index in [0.717, 1.165) is 9.82 Å². The summed E-state index contributed by atoms with van der Waals surface area (Å²) in [6.07, 6.45) is 0. The van der Waals surface area contributed by atoms with E-state index in [1.807, 2.05) is 18.2 Å². The zero-order chi connectivity index (χ0) is 16.9. The van der Waals surface area contributed by atoms with Crippen molar-refractivity contribution < 1.29 is 13.2 Å². The molecule has 2 heterocycles. The Morgan fingerprint density at radius 2 is 1.58 bits per heavy atom. The van der Waals surface area contributed by atoms with E-state index in [0.29, 0.717) is 16.9 Å². The van der Waals surface area contributed by atoms with Crippen LogP contribution in [0.15, 0.2) is 53.4 Å². The maximum atomic E-state index is 12.6. The van der Waals surface area contributed by atoms with Gasteiger partial charge in [0.25, 0.3) is 15.9 Å². The summed E-state index contributed by atoms with van der Waals surface area (Å²) in [6, 6.07) is 13.6. The van der Waals surface area contributed by atoms with Crippen molar-refractivity contribution in [3.05, 3.63) is 65.5 Å². The fourth-order valence-electron chi connectivity index (χ4n) is 2.80. The first kappa shape index (κ1) is 14.8. The van der Waals surface area contributed by atoms with E-state index in [1.165, 1.54) is 12.1 Å². The van der Waals surface area contributed by atoms with Gasteiger partial charge < -0.3 is 0 Å². The van der Waals surface area contributed by atoms with Crippen LogP contribution in [0, 0.1) is 6.92 Å². The smallest absolute Gasteiger partial charge is 0.268 e. The molecule has 0 saturated heterocycles. The summed E-state index contributed by atoms with van der Waals surface area (Å²) in [7, 11) is -3.85. The van der Waals surface area contributed by atoms with Gasteiger partial charge in [-0.15, -0.1) is 0 Å². The van der Waals surface area contributed by atoms with Crippen LogP contribution in [0.2, 0.25) is 0 Å². The van der Waals surface area contributed by atoms with Crippen LogP contribution in [0.4, 0.5) is 0 Å². The summed E-state index contributed by atoms with van der Waals surface area (Å²) in [5.41, 5.74) is 2.67. The molecule has 0 radical (unpaired) electrons. The predicted octanol–water partition coefficient (Wildman–Crippen LogP) is 2.28. The van der Waals surface area contributed by atoms with E-state index in [9.17, 15) is 13.2 Å². The highest BCUT2D eigenvalue weighted by molar-refractivity contribution is 7.90. The molecule has 24 heavy (non-hydrogen) atoms. The molecule has 4 rings (SSSR count). The lowest BCUT2D eigenvalue weighted by Crippen LogP contribution is -2.30. The van der Waals surface area contributed by atoms with E-state index in [2.05, 4.69) is 9.97 Å². The number of aryl methyl sites for hydroxylation is 1. The van der Waals surface area contributed by atoms with E-state index >= 15 is 0 Å². The Balaban J connectivity index is 1.79. The fraction of sp³-hybridized carbons (Fsp3) is 0.118. The summed E-state index contributed by atoms with van der Waals surface area (Å²) in [4.78, 5) is 21.5. The molecule has 0 saturated carbocycles. The SMILES string of the molecule is Cc1nc2ccccc2nc1CN1C(=O)c2ccccc2S1(=O)=O. The molecule has 0 atom stereocenters. The quantitative estimate of drug-likeness (QED) is 0.715. The zero-order valence-electron chi connectivity index (χ0n) is 12.8. The van der Waals surface area contributed by atoms with Crippen molar-refractivity contribution >= 4 is 27.0 Å². The number of amides is 1. The molecule has 0 aliphatic carbocycles. The molecule has 0 unspecified atom stereocenters. The molecule has 1 aliphatic rings. The van der Waals surface area contributed by atoms with Crippen molar-refractivity contribution in [3.63, 3.8) is 0 Å². The lowest BCUT2D eigenvalue weighted by atomic mass is 10.2. The Labute approximate surface area is 138 Å². The van der Waals surface area contributed by atoms with Gasteiger partial charge in [0.15, 0.2) is 0 Å². The van der Waals surface area contributed by atoms with Crippen LogP contribution >= 0.6 is 0 Å². The molecule has 3 aromatic rings. The molecule has 1 aliphatic heterocycles. The Kier molecular flexibility index (Phi) is 3.14. The second kappa shape index (κ2) is 5.10. The summed E-state index contributed by atoms with van der Waals surface area (Å²) < 4.78 is 26.1. The average molecular weight is 339 g/mol. The second-order valence-corrected chi connectivity index (χ2v) is 7.39. The molecular weight excluding hydrogens is 326 g/mol. The Bertz CT molecular complexity index is 1090. The van der Waals surface area contributed by atoms with E-state index in [-0.39, 0.29) is 17.0 Å². The van der Waals surface area contributed by atoms with Crippen molar-refractivity contribution in [2.45, 2.75) is 18.4 Å². The van der Waals surface area contributed by atoms with Gasteiger partial charge in [0.05, 0.1) is 34.5 Å². The van der Waals surface area contributed by atoms with E-state index < -0.39 is 15.9 Å². The minimum Gasteiger partial charge on any atom is -0.268 e. The molecule has 120 valence electrons. The van der Waals surface area contributed by atoms with Crippen LogP contribution in [0.5, 0.6) is 0 Å². The first-order chi connectivity index (χ1) is 11.5. The summed E-state index contributed by atoms with van der Waals surface area (Å²) >= 11 is 0. The third kappa shape index (κ3) is 2.09. The Morgan fingerprint density at radius 3 is 2.29 bits per heavy atom. The van der Waals surface area contributed by atoms with Crippen LogP contribution < -0.4 is 0 Å². The van der Waals surface area contributed by atoms with Gasteiger partial charge in [0.2, 0.25) is 0 Å².